The SMILES string of the molecule is COC(=O)CN1CCc2ccccc2C(CC(=O)OC(C)(C)C)C1=O. The minimum atomic E-state index is -0.654. The van der Waals surface area contributed by atoms with Crippen LogP contribution in [0.3, 0.4) is 0 Å². The first-order chi connectivity index (χ1) is 11.7. The Balaban J connectivity index is 2.28. The molecule has 136 valence electrons. The number of rotatable bonds is 4. The zero-order valence-corrected chi connectivity index (χ0v) is 15.2. The summed E-state index contributed by atoms with van der Waals surface area (Å²) in [5.41, 5.74) is 1.22. The van der Waals surface area contributed by atoms with Crippen LogP contribution in [0, 0.1) is 0 Å². The summed E-state index contributed by atoms with van der Waals surface area (Å²) in [6, 6.07) is 7.57. The van der Waals surface area contributed by atoms with E-state index >= 15 is 0 Å². The lowest BCUT2D eigenvalue weighted by Crippen LogP contribution is -2.39. The highest BCUT2D eigenvalue weighted by molar-refractivity contribution is 5.91. The molecule has 6 nitrogen and oxygen atoms in total. The van der Waals surface area contributed by atoms with E-state index in [0.29, 0.717) is 13.0 Å². The molecule has 6 heteroatoms. The van der Waals surface area contributed by atoms with Gasteiger partial charge in [-0.25, -0.2) is 0 Å². The number of fused-ring (bicyclic) bond motifs is 1. The maximum absolute atomic E-state index is 13.0. The van der Waals surface area contributed by atoms with Gasteiger partial charge in [-0.2, -0.15) is 0 Å². The lowest BCUT2D eigenvalue weighted by molar-refractivity contribution is -0.157. The number of amides is 1. The van der Waals surface area contributed by atoms with E-state index in [4.69, 9.17) is 4.74 Å². The van der Waals surface area contributed by atoms with E-state index in [1.807, 2.05) is 24.3 Å². The first-order valence-electron chi connectivity index (χ1n) is 8.36. The van der Waals surface area contributed by atoms with E-state index in [1.54, 1.807) is 20.8 Å². The number of benzene rings is 1. The zero-order chi connectivity index (χ0) is 18.6. The quantitative estimate of drug-likeness (QED) is 0.780. The Kier molecular flexibility index (Phi) is 5.82. The van der Waals surface area contributed by atoms with Gasteiger partial charge in [-0.3, -0.25) is 14.4 Å². The number of ether oxygens (including phenoxy) is 2. The van der Waals surface area contributed by atoms with Crippen molar-refractivity contribution in [2.24, 2.45) is 0 Å². The maximum Gasteiger partial charge on any atom is 0.325 e. The predicted molar refractivity (Wildman–Crippen MR) is 91.9 cm³/mol. The monoisotopic (exact) mass is 347 g/mol. The Morgan fingerprint density at radius 2 is 1.88 bits per heavy atom. The van der Waals surface area contributed by atoms with Gasteiger partial charge in [0.15, 0.2) is 0 Å². The molecule has 1 atom stereocenters. The standard InChI is InChI=1S/C19H25NO5/c1-19(2,3)25-16(21)11-15-14-8-6-5-7-13(14)9-10-20(18(15)23)12-17(22)24-4/h5-8,15H,9-12H2,1-4H3. The Morgan fingerprint density at radius 1 is 1.20 bits per heavy atom. The van der Waals surface area contributed by atoms with E-state index in [9.17, 15) is 14.4 Å². The van der Waals surface area contributed by atoms with Crippen molar-refractivity contribution in [3.63, 3.8) is 0 Å². The number of esters is 2. The third kappa shape index (κ3) is 5.05. The Labute approximate surface area is 148 Å². The summed E-state index contributed by atoms with van der Waals surface area (Å²) in [4.78, 5) is 38.3. The molecule has 0 saturated heterocycles. The lowest BCUT2D eigenvalue weighted by Gasteiger charge is -2.25. The van der Waals surface area contributed by atoms with Crippen molar-refractivity contribution in [3.8, 4) is 0 Å². The average molecular weight is 347 g/mol. The Hall–Kier alpha value is -2.37. The minimum Gasteiger partial charge on any atom is -0.468 e. The van der Waals surface area contributed by atoms with E-state index in [0.717, 1.165) is 11.1 Å². The van der Waals surface area contributed by atoms with Crippen molar-refractivity contribution in [3.05, 3.63) is 35.4 Å². The van der Waals surface area contributed by atoms with Crippen LogP contribution in [0.25, 0.3) is 0 Å². The predicted octanol–water partition coefficient (Wildman–Crippen LogP) is 2.06. The number of hydrogen-bond donors (Lipinski definition) is 0. The molecule has 0 spiro atoms. The second kappa shape index (κ2) is 7.68. The molecule has 1 aromatic carbocycles. The van der Waals surface area contributed by atoms with Crippen LogP contribution in [0.15, 0.2) is 24.3 Å². The van der Waals surface area contributed by atoms with Gasteiger partial charge >= 0.3 is 11.9 Å². The summed E-state index contributed by atoms with van der Waals surface area (Å²) in [7, 11) is 1.29. The molecule has 2 rings (SSSR count). The number of nitrogens with zero attached hydrogens (tertiary/aromatic N) is 1. The molecule has 0 aliphatic carbocycles. The summed E-state index contributed by atoms with van der Waals surface area (Å²) in [6.07, 6.45) is 0.578. The van der Waals surface area contributed by atoms with Gasteiger partial charge < -0.3 is 14.4 Å². The molecule has 0 fully saturated rings. The lowest BCUT2D eigenvalue weighted by atomic mass is 9.90. The average Bonchev–Trinajstić information content (AvgIpc) is 2.65. The topological polar surface area (TPSA) is 72.9 Å². The van der Waals surface area contributed by atoms with E-state index in [1.165, 1.54) is 12.0 Å². The fraction of sp³-hybridized carbons (Fsp3) is 0.526. The highest BCUT2D eigenvalue weighted by Gasteiger charge is 2.34. The van der Waals surface area contributed by atoms with Crippen LogP contribution in [0.2, 0.25) is 0 Å². The number of carbonyl (C=O) groups is 3. The van der Waals surface area contributed by atoms with Crippen molar-refractivity contribution in [2.75, 3.05) is 20.2 Å². The molecule has 0 bridgehead atoms. The smallest absolute Gasteiger partial charge is 0.325 e. The Morgan fingerprint density at radius 3 is 2.52 bits per heavy atom. The normalized spacial score (nSPS) is 17.5. The second-order valence-electron chi connectivity index (χ2n) is 7.13. The second-order valence-corrected chi connectivity index (χ2v) is 7.13. The van der Waals surface area contributed by atoms with Gasteiger partial charge in [-0.15, -0.1) is 0 Å². The molecular formula is C19H25NO5. The highest BCUT2D eigenvalue weighted by Crippen LogP contribution is 2.30. The minimum absolute atomic E-state index is 0.0508. The molecule has 0 saturated carbocycles. The molecule has 0 N–H and O–H groups in total. The van der Waals surface area contributed by atoms with Crippen molar-refractivity contribution in [1.82, 2.24) is 4.90 Å². The van der Waals surface area contributed by atoms with Crippen molar-refractivity contribution in [1.29, 1.82) is 0 Å². The first kappa shape index (κ1) is 19.0. The van der Waals surface area contributed by atoms with Crippen LogP contribution in [0.5, 0.6) is 0 Å². The largest absolute Gasteiger partial charge is 0.468 e. The van der Waals surface area contributed by atoms with E-state index in [-0.39, 0.29) is 18.9 Å². The van der Waals surface area contributed by atoms with E-state index in [2.05, 4.69) is 4.74 Å². The molecule has 1 unspecified atom stereocenters. The van der Waals surface area contributed by atoms with Gasteiger partial charge in [-0.1, -0.05) is 24.3 Å². The van der Waals surface area contributed by atoms with Crippen molar-refractivity contribution >= 4 is 17.8 Å². The molecule has 1 amide bonds. The molecule has 1 aliphatic rings. The maximum atomic E-state index is 13.0. The van der Waals surface area contributed by atoms with Crippen LogP contribution >= 0.6 is 0 Å². The summed E-state index contributed by atoms with van der Waals surface area (Å²) in [5.74, 6) is -1.81. The Bertz CT molecular complexity index is 662. The van der Waals surface area contributed by atoms with E-state index < -0.39 is 23.5 Å². The molecule has 0 aromatic heterocycles. The van der Waals surface area contributed by atoms with Crippen LogP contribution < -0.4 is 0 Å². The number of methoxy groups -OCH3 is 1. The third-order valence-electron chi connectivity index (χ3n) is 4.03. The highest BCUT2D eigenvalue weighted by atomic mass is 16.6. The molecule has 1 aromatic rings. The van der Waals surface area contributed by atoms with Crippen LogP contribution in [-0.4, -0.2) is 48.5 Å². The van der Waals surface area contributed by atoms with Gasteiger partial charge in [-0.05, 0) is 38.3 Å². The van der Waals surface area contributed by atoms with Gasteiger partial charge in [0.05, 0.1) is 19.4 Å². The molecule has 1 heterocycles. The first-order valence-corrected chi connectivity index (χ1v) is 8.36. The molecule has 1 aliphatic heterocycles. The fourth-order valence-corrected chi connectivity index (χ4v) is 2.95. The fourth-order valence-electron chi connectivity index (χ4n) is 2.95. The summed E-state index contributed by atoms with van der Waals surface area (Å²) >= 11 is 0. The van der Waals surface area contributed by atoms with Crippen LogP contribution in [0.4, 0.5) is 0 Å². The van der Waals surface area contributed by atoms with Crippen LogP contribution in [0.1, 0.15) is 44.2 Å². The zero-order valence-electron chi connectivity index (χ0n) is 15.2. The van der Waals surface area contributed by atoms with Gasteiger partial charge in [0.2, 0.25) is 5.91 Å². The molecule has 25 heavy (non-hydrogen) atoms. The summed E-state index contributed by atoms with van der Waals surface area (Å²) < 4.78 is 10.1. The number of carbonyl (C=O) groups excluding carboxylic acids is 3. The van der Waals surface area contributed by atoms with Crippen molar-refractivity contribution in [2.45, 2.75) is 45.1 Å². The van der Waals surface area contributed by atoms with Crippen LogP contribution in [-0.2, 0) is 30.3 Å². The molecular weight excluding hydrogens is 322 g/mol. The summed E-state index contributed by atoms with van der Waals surface area (Å²) in [5, 5.41) is 0. The van der Waals surface area contributed by atoms with Crippen molar-refractivity contribution < 1.29 is 23.9 Å². The molecule has 0 radical (unpaired) electrons. The van der Waals surface area contributed by atoms with Gasteiger partial charge in [0.25, 0.3) is 0 Å². The number of hydrogen-bond acceptors (Lipinski definition) is 5. The van der Waals surface area contributed by atoms with Gasteiger partial charge in [0, 0.05) is 6.54 Å². The summed E-state index contributed by atoms with van der Waals surface area (Å²) in [6.45, 7) is 5.66. The van der Waals surface area contributed by atoms with Gasteiger partial charge in [0.1, 0.15) is 12.1 Å². The third-order valence-corrected chi connectivity index (χ3v) is 4.03.